The van der Waals surface area contributed by atoms with Crippen molar-refractivity contribution in [3.63, 3.8) is 0 Å². The summed E-state index contributed by atoms with van der Waals surface area (Å²) in [4.78, 5) is 4.05. The number of aromatic nitrogens is 3. The van der Waals surface area contributed by atoms with Gasteiger partial charge in [-0.3, -0.25) is 0 Å². The molecule has 15 heavy (non-hydrogen) atoms. The van der Waals surface area contributed by atoms with E-state index in [1.54, 1.807) is 24.2 Å². The number of rotatable bonds is 2. The van der Waals surface area contributed by atoms with Gasteiger partial charge in [0.15, 0.2) is 5.75 Å². The zero-order valence-electron chi connectivity index (χ0n) is 8.64. The molecule has 0 aliphatic rings. The summed E-state index contributed by atoms with van der Waals surface area (Å²) in [6.07, 6.45) is 1.63. The van der Waals surface area contributed by atoms with Crippen LogP contribution in [0, 0.1) is 6.92 Å². The number of methoxy groups -OCH3 is 1. The van der Waals surface area contributed by atoms with Crippen LogP contribution in [-0.4, -0.2) is 21.9 Å². The second kappa shape index (κ2) is 3.61. The molecule has 0 radical (unpaired) electrons. The molecular weight excluding hydrogens is 192 g/mol. The van der Waals surface area contributed by atoms with E-state index in [2.05, 4.69) is 10.1 Å². The lowest BCUT2D eigenvalue weighted by atomic mass is 10.2. The number of hydrogen-bond acceptors (Lipinski definition) is 4. The van der Waals surface area contributed by atoms with E-state index in [0.717, 1.165) is 5.69 Å². The van der Waals surface area contributed by atoms with E-state index in [1.165, 1.54) is 0 Å². The van der Waals surface area contributed by atoms with Crippen LogP contribution in [0.25, 0.3) is 5.69 Å². The van der Waals surface area contributed by atoms with Crippen LogP contribution >= 0.6 is 0 Å². The summed E-state index contributed by atoms with van der Waals surface area (Å²) >= 11 is 0. The van der Waals surface area contributed by atoms with Crippen molar-refractivity contribution in [3.05, 3.63) is 30.4 Å². The van der Waals surface area contributed by atoms with E-state index >= 15 is 0 Å². The third kappa shape index (κ3) is 1.63. The number of aryl methyl sites for hydroxylation is 1. The molecule has 1 heterocycles. The first-order valence-corrected chi connectivity index (χ1v) is 4.53. The molecule has 2 rings (SSSR count). The van der Waals surface area contributed by atoms with Gasteiger partial charge in [0.25, 0.3) is 0 Å². The molecule has 0 amide bonds. The molecule has 0 unspecified atom stereocenters. The summed E-state index contributed by atoms with van der Waals surface area (Å²) in [6, 6.07) is 5.51. The van der Waals surface area contributed by atoms with Gasteiger partial charge in [-0.2, -0.15) is 5.10 Å². The van der Waals surface area contributed by atoms with Crippen molar-refractivity contribution in [2.24, 2.45) is 0 Å². The molecule has 0 saturated carbocycles. The Bertz CT molecular complexity index is 478. The van der Waals surface area contributed by atoms with Crippen LogP contribution in [0.15, 0.2) is 24.5 Å². The van der Waals surface area contributed by atoms with Crippen molar-refractivity contribution in [2.45, 2.75) is 6.92 Å². The molecule has 0 bridgehead atoms. The van der Waals surface area contributed by atoms with Gasteiger partial charge < -0.3 is 10.5 Å². The number of hydrogen-bond donors (Lipinski definition) is 1. The molecule has 2 N–H and O–H groups in total. The highest BCUT2D eigenvalue weighted by Gasteiger charge is 2.09. The second-order valence-electron chi connectivity index (χ2n) is 3.14. The zero-order chi connectivity index (χ0) is 10.8. The summed E-state index contributed by atoms with van der Waals surface area (Å²) in [5, 5.41) is 4.20. The smallest absolute Gasteiger partial charge is 0.167 e. The van der Waals surface area contributed by atoms with Gasteiger partial charge in [0.2, 0.25) is 0 Å². The van der Waals surface area contributed by atoms with E-state index in [1.807, 2.05) is 19.1 Å². The number of ether oxygens (including phenoxy) is 1. The van der Waals surface area contributed by atoms with Crippen LogP contribution < -0.4 is 10.5 Å². The topological polar surface area (TPSA) is 66.0 Å². The molecule has 5 nitrogen and oxygen atoms in total. The molecule has 2 aromatic rings. The van der Waals surface area contributed by atoms with Crippen molar-refractivity contribution in [1.29, 1.82) is 0 Å². The van der Waals surface area contributed by atoms with Crippen LogP contribution in [0.1, 0.15) is 5.82 Å². The molecule has 5 heteroatoms. The molecule has 78 valence electrons. The van der Waals surface area contributed by atoms with Crippen LogP contribution in [0.4, 0.5) is 5.69 Å². The molecule has 0 atom stereocenters. The number of para-hydroxylation sites is 1. The highest BCUT2D eigenvalue weighted by atomic mass is 16.5. The first kappa shape index (κ1) is 9.51. The average Bonchev–Trinajstić information content (AvgIpc) is 2.64. The lowest BCUT2D eigenvalue weighted by Gasteiger charge is -2.09. The van der Waals surface area contributed by atoms with Gasteiger partial charge in [0.1, 0.15) is 17.8 Å². The summed E-state index contributed by atoms with van der Waals surface area (Å²) in [7, 11) is 1.58. The Morgan fingerprint density at radius 3 is 2.80 bits per heavy atom. The third-order valence-electron chi connectivity index (χ3n) is 2.08. The van der Waals surface area contributed by atoms with E-state index in [4.69, 9.17) is 10.5 Å². The van der Waals surface area contributed by atoms with Gasteiger partial charge in [0, 0.05) is 0 Å². The average molecular weight is 204 g/mol. The maximum absolute atomic E-state index is 5.79. The molecule has 1 aromatic heterocycles. The SMILES string of the molecule is COc1c(N)cccc1-n1cnc(C)n1. The summed E-state index contributed by atoms with van der Waals surface area (Å²) in [6.45, 7) is 1.83. The van der Waals surface area contributed by atoms with Crippen molar-refractivity contribution in [1.82, 2.24) is 14.8 Å². The molecule has 1 aromatic carbocycles. The summed E-state index contributed by atoms with van der Waals surface area (Å²) in [5.74, 6) is 1.32. The number of nitrogens with two attached hydrogens (primary N) is 1. The largest absolute Gasteiger partial charge is 0.492 e. The zero-order valence-corrected chi connectivity index (χ0v) is 8.64. The third-order valence-corrected chi connectivity index (χ3v) is 2.08. The molecule has 0 saturated heterocycles. The van der Waals surface area contributed by atoms with Crippen LogP contribution in [0.2, 0.25) is 0 Å². The van der Waals surface area contributed by atoms with Gasteiger partial charge in [-0.15, -0.1) is 0 Å². The number of nitrogen functional groups attached to an aromatic ring is 1. The van der Waals surface area contributed by atoms with Crippen molar-refractivity contribution in [3.8, 4) is 11.4 Å². The standard InChI is InChI=1S/C10H12N4O/c1-7-12-6-14(13-7)9-5-3-4-8(11)10(9)15-2/h3-6H,11H2,1-2H3. The Labute approximate surface area is 87.5 Å². The molecule has 0 aliphatic carbocycles. The van der Waals surface area contributed by atoms with Crippen LogP contribution in [-0.2, 0) is 0 Å². The summed E-state index contributed by atoms with van der Waals surface area (Å²) < 4.78 is 6.87. The predicted molar refractivity (Wildman–Crippen MR) is 57.1 cm³/mol. The Balaban J connectivity index is 2.57. The van der Waals surface area contributed by atoms with Crippen molar-refractivity contribution in [2.75, 3.05) is 12.8 Å². The van der Waals surface area contributed by atoms with Crippen LogP contribution in [0.5, 0.6) is 5.75 Å². The number of benzene rings is 1. The Hall–Kier alpha value is -2.04. The lowest BCUT2D eigenvalue weighted by Crippen LogP contribution is -2.01. The fourth-order valence-electron chi connectivity index (χ4n) is 1.41. The van der Waals surface area contributed by atoms with E-state index in [9.17, 15) is 0 Å². The van der Waals surface area contributed by atoms with Crippen LogP contribution in [0.3, 0.4) is 0 Å². The first-order chi connectivity index (χ1) is 7.22. The van der Waals surface area contributed by atoms with E-state index in [-0.39, 0.29) is 0 Å². The van der Waals surface area contributed by atoms with Crippen molar-refractivity contribution < 1.29 is 4.74 Å². The predicted octanol–water partition coefficient (Wildman–Crippen LogP) is 1.17. The highest BCUT2D eigenvalue weighted by molar-refractivity contribution is 5.62. The van der Waals surface area contributed by atoms with Gasteiger partial charge >= 0.3 is 0 Å². The molecule has 0 aliphatic heterocycles. The highest BCUT2D eigenvalue weighted by Crippen LogP contribution is 2.28. The maximum atomic E-state index is 5.79. The second-order valence-corrected chi connectivity index (χ2v) is 3.14. The van der Waals surface area contributed by atoms with Gasteiger partial charge in [0.05, 0.1) is 12.8 Å². The van der Waals surface area contributed by atoms with Gasteiger partial charge in [-0.1, -0.05) is 6.07 Å². The molecule has 0 spiro atoms. The molecule has 0 fully saturated rings. The first-order valence-electron chi connectivity index (χ1n) is 4.53. The van der Waals surface area contributed by atoms with Crippen molar-refractivity contribution >= 4 is 5.69 Å². The van der Waals surface area contributed by atoms with Gasteiger partial charge in [-0.05, 0) is 19.1 Å². The Kier molecular flexibility index (Phi) is 2.29. The van der Waals surface area contributed by atoms with Gasteiger partial charge in [-0.25, -0.2) is 9.67 Å². The minimum atomic E-state index is 0.586. The summed E-state index contributed by atoms with van der Waals surface area (Å²) in [5.41, 5.74) is 7.17. The fraction of sp³-hybridized carbons (Fsp3) is 0.200. The number of nitrogens with zero attached hydrogens (tertiary/aromatic N) is 3. The minimum absolute atomic E-state index is 0.586. The van der Waals surface area contributed by atoms with E-state index < -0.39 is 0 Å². The quantitative estimate of drug-likeness (QED) is 0.745. The Morgan fingerprint density at radius 2 is 2.20 bits per heavy atom. The lowest BCUT2D eigenvalue weighted by molar-refractivity contribution is 0.414. The van der Waals surface area contributed by atoms with E-state index in [0.29, 0.717) is 17.3 Å². The number of anilines is 1. The molecular formula is C10H12N4O. The normalized spacial score (nSPS) is 10.3. The Morgan fingerprint density at radius 1 is 1.40 bits per heavy atom. The maximum Gasteiger partial charge on any atom is 0.167 e. The minimum Gasteiger partial charge on any atom is -0.492 e. The monoisotopic (exact) mass is 204 g/mol. The fourth-order valence-corrected chi connectivity index (χ4v) is 1.41.